The summed E-state index contributed by atoms with van der Waals surface area (Å²) in [6, 6.07) is 6.85. The van der Waals surface area contributed by atoms with E-state index in [2.05, 4.69) is 35.0 Å². The van der Waals surface area contributed by atoms with Crippen LogP contribution in [0.25, 0.3) is 0 Å². The van der Waals surface area contributed by atoms with Crippen molar-refractivity contribution < 1.29 is 14.4 Å². The second kappa shape index (κ2) is 10.9. The average molecular weight is 469 g/mol. The van der Waals surface area contributed by atoms with Gasteiger partial charge in [-0.15, -0.1) is 0 Å². The lowest BCUT2D eigenvalue weighted by atomic mass is 9.83. The summed E-state index contributed by atoms with van der Waals surface area (Å²) in [5.74, 6) is 0.116. The molecule has 1 saturated carbocycles. The summed E-state index contributed by atoms with van der Waals surface area (Å²) in [4.78, 5) is 41.7. The molecule has 1 aromatic rings. The number of carbonyl (C=O) groups is 3. The monoisotopic (exact) mass is 468 g/mol. The van der Waals surface area contributed by atoms with Crippen LogP contribution in [0, 0.1) is 11.8 Å². The van der Waals surface area contributed by atoms with Gasteiger partial charge in [0.2, 0.25) is 17.7 Å². The van der Waals surface area contributed by atoms with Crippen molar-refractivity contribution in [1.29, 1.82) is 0 Å². The van der Waals surface area contributed by atoms with Crippen molar-refractivity contribution in [2.75, 3.05) is 13.6 Å². The Hall–Kier alpha value is -2.41. The molecule has 0 radical (unpaired) electrons. The summed E-state index contributed by atoms with van der Waals surface area (Å²) in [5.41, 5.74) is 2.48. The lowest BCUT2D eigenvalue weighted by Gasteiger charge is -2.35. The van der Waals surface area contributed by atoms with Crippen molar-refractivity contribution >= 4 is 17.7 Å². The largest absolute Gasteiger partial charge is 0.347 e. The smallest absolute Gasteiger partial charge is 0.246 e. The first-order chi connectivity index (χ1) is 16.4. The van der Waals surface area contributed by atoms with Crippen molar-refractivity contribution in [3.8, 4) is 0 Å². The van der Waals surface area contributed by atoms with E-state index in [-0.39, 0.29) is 35.7 Å². The molecule has 7 heteroatoms. The zero-order valence-electron chi connectivity index (χ0n) is 20.8. The zero-order valence-corrected chi connectivity index (χ0v) is 20.8. The number of likely N-dealkylation sites (N-methyl/N-ethyl adjacent to an activating group) is 1. The third-order valence-corrected chi connectivity index (χ3v) is 8.15. The zero-order chi connectivity index (χ0) is 24.2. The molecule has 7 nitrogen and oxygen atoms in total. The van der Waals surface area contributed by atoms with E-state index in [9.17, 15) is 14.4 Å². The fourth-order valence-corrected chi connectivity index (χ4v) is 6.00. The molecule has 1 heterocycles. The minimum Gasteiger partial charge on any atom is -0.347 e. The first-order valence-electron chi connectivity index (χ1n) is 13.1. The number of nitrogens with one attached hydrogen (secondary N) is 3. The Kier molecular flexibility index (Phi) is 7.91. The second-order valence-corrected chi connectivity index (χ2v) is 10.5. The highest BCUT2D eigenvalue weighted by Gasteiger charge is 2.42. The molecule has 34 heavy (non-hydrogen) atoms. The first-order valence-corrected chi connectivity index (χ1v) is 13.1. The van der Waals surface area contributed by atoms with E-state index >= 15 is 0 Å². The average Bonchev–Trinajstić information content (AvgIpc) is 3.47. The third kappa shape index (κ3) is 5.14. The summed E-state index contributed by atoms with van der Waals surface area (Å²) in [6.07, 6.45) is 7.63. The highest BCUT2D eigenvalue weighted by atomic mass is 16.2. The van der Waals surface area contributed by atoms with Crippen molar-refractivity contribution in [3.05, 3.63) is 35.4 Å². The van der Waals surface area contributed by atoms with E-state index in [1.54, 1.807) is 18.9 Å². The Morgan fingerprint density at radius 2 is 1.76 bits per heavy atom. The summed E-state index contributed by atoms with van der Waals surface area (Å²) in [7, 11) is 1.74. The van der Waals surface area contributed by atoms with E-state index in [1.165, 1.54) is 17.5 Å². The van der Waals surface area contributed by atoms with Crippen LogP contribution in [0.1, 0.15) is 76.0 Å². The van der Waals surface area contributed by atoms with Gasteiger partial charge in [-0.3, -0.25) is 14.4 Å². The minimum atomic E-state index is -0.567. The maximum atomic E-state index is 13.8. The molecule has 0 spiro atoms. The SMILES string of the molecule is CN[C@@H](C)C(=O)N[C@H](C(=O)N1CCC[C@H]1C(=O)N[C@H]1c2ccccc2C[C@H]1C)C1CCCCC1. The van der Waals surface area contributed by atoms with E-state index < -0.39 is 12.1 Å². The van der Waals surface area contributed by atoms with Gasteiger partial charge in [-0.2, -0.15) is 0 Å². The Balaban J connectivity index is 1.49. The maximum absolute atomic E-state index is 13.8. The standard InChI is InChI=1S/C27H40N4O3/c1-17-16-20-12-7-8-13-21(20)23(17)29-26(33)22-14-9-15-31(22)27(34)24(19-10-5-4-6-11-19)30-25(32)18(2)28-3/h7-8,12-13,17-19,22-24,28H,4-6,9-11,14-16H2,1-3H3,(H,29,33)(H,30,32)/t17-,18+,22+,23-,24+/m1/s1. The van der Waals surface area contributed by atoms with Crippen molar-refractivity contribution in [2.45, 2.75) is 89.4 Å². The van der Waals surface area contributed by atoms with Gasteiger partial charge in [0.1, 0.15) is 12.1 Å². The number of carbonyl (C=O) groups excluding carboxylic acids is 3. The van der Waals surface area contributed by atoms with Gasteiger partial charge >= 0.3 is 0 Å². The Morgan fingerprint density at radius 1 is 1.03 bits per heavy atom. The van der Waals surface area contributed by atoms with Crippen LogP contribution in [-0.2, 0) is 20.8 Å². The predicted molar refractivity (Wildman–Crippen MR) is 132 cm³/mol. The molecule has 3 N–H and O–H groups in total. The van der Waals surface area contributed by atoms with Crippen LogP contribution in [0.4, 0.5) is 0 Å². The topological polar surface area (TPSA) is 90.5 Å². The number of nitrogens with zero attached hydrogens (tertiary/aromatic N) is 1. The fraction of sp³-hybridized carbons (Fsp3) is 0.667. The van der Waals surface area contributed by atoms with Gasteiger partial charge in [-0.25, -0.2) is 0 Å². The lowest BCUT2D eigenvalue weighted by molar-refractivity contribution is -0.143. The van der Waals surface area contributed by atoms with Crippen molar-refractivity contribution in [3.63, 3.8) is 0 Å². The Morgan fingerprint density at radius 3 is 2.50 bits per heavy atom. The van der Waals surface area contributed by atoms with Crippen LogP contribution in [-0.4, -0.2) is 54.3 Å². The van der Waals surface area contributed by atoms with Gasteiger partial charge in [0.05, 0.1) is 12.1 Å². The number of rotatable bonds is 7. The number of hydrogen-bond acceptors (Lipinski definition) is 4. The van der Waals surface area contributed by atoms with Crippen LogP contribution in [0.2, 0.25) is 0 Å². The van der Waals surface area contributed by atoms with E-state index in [4.69, 9.17) is 0 Å². The molecule has 2 aliphatic carbocycles. The maximum Gasteiger partial charge on any atom is 0.246 e. The summed E-state index contributed by atoms with van der Waals surface area (Å²) >= 11 is 0. The lowest BCUT2D eigenvalue weighted by Crippen LogP contribution is -2.58. The fourth-order valence-electron chi connectivity index (χ4n) is 6.00. The number of benzene rings is 1. The quantitative estimate of drug-likeness (QED) is 0.574. The van der Waals surface area contributed by atoms with Crippen LogP contribution >= 0.6 is 0 Å². The summed E-state index contributed by atoms with van der Waals surface area (Å²) < 4.78 is 0. The number of amides is 3. The third-order valence-electron chi connectivity index (χ3n) is 8.15. The Labute approximate surface area is 203 Å². The van der Waals surface area contributed by atoms with Crippen LogP contribution < -0.4 is 16.0 Å². The van der Waals surface area contributed by atoms with Gasteiger partial charge in [-0.1, -0.05) is 50.5 Å². The van der Waals surface area contributed by atoms with E-state index in [0.29, 0.717) is 18.9 Å². The number of fused-ring (bicyclic) bond motifs is 1. The molecule has 3 amide bonds. The molecule has 1 saturated heterocycles. The predicted octanol–water partition coefficient (Wildman–Crippen LogP) is 2.70. The van der Waals surface area contributed by atoms with Gasteiger partial charge in [0, 0.05) is 6.54 Å². The van der Waals surface area contributed by atoms with Crippen LogP contribution in [0.3, 0.4) is 0 Å². The molecule has 4 rings (SSSR count). The molecule has 1 aromatic carbocycles. The molecule has 0 bridgehead atoms. The van der Waals surface area contributed by atoms with E-state index in [1.807, 2.05) is 12.1 Å². The molecule has 186 valence electrons. The van der Waals surface area contributed by atoms with Gasteiger partial charge in [0.25, 0.3) is 0 Å². The normalized spacial score (nSPS) is 26.6. The molecule has 1 aliphatic heterocycles. The molecule has 0 aromatic heterocycles. The second-order valence-electron chi connectivity index (χ2n) is 10.5. The number of likely N-dealkylation sites (tertiary alicyclic amines) is 1. The molecule has 3 aliphatic rings. The van der Waals surface area contributed by atoms with Crippen LogP contribution in [0.5, 0.6) is 0 Å². The van der Waals surface area contributed by atoms with E-state index in [0.717, 1.165) is 38.5 Å². The minimum absolute atomic E-state index is 0.0217. The highest BCUT2D eigenvalue weighted by Crippen LogP contribution is 2.36. The molecular weight excluding hydrogens is 428 g/mol. The van der Waals surface area contributed by atoms with Crippen molar-refractivity contribution in [1.82, 2.24) is 20.9 Å². The molecule has 5 atom stereocenters. The molecule has 0 unspecified atom stereocenters. The van der Waals surface area contributed by atoms with Gasteiger partial charge < -0.3 is 20.9 Å². The first kappa shape index (κ1) is 24.7. The molecule has 2 fully saturated rings. The summed E-state index contributed by atoms with van der Waals surface area (Å²) in [6.45, 7) is 4.53. The molecular formula is C27H40N4O3. The Bertz CT molecular complexity index is 898. The highest BCUT2D eigenvalue weighted by molar-refractivity contribution is 5.93. The number of hydrogen-bond donors (Lipinski definition) is 3. The summed E-state index contributed by atoms with van der Waals surface area (Å²) in [5, 5.41) is 9.27. The van der Waals surface area contributed by atoms with Crippen molar-refractivity contribution in [2.24, 2.45) is 11.8 Å². The van der Waals surface area contributed by atoms with Gasteiger partial charge in [0.15, 0.2) is 0 Å². The van der Waals surface area contributed by atoms with Gasteiger partial charge in [-0.05, 0) is 69.0 Å². The van der Waals surface area contributed by atoms with Crippen LogP contribution in [0.15, 0.2) is 24.3 Å².